The van der Waals surface area contributed by atoms with Crippen LogP contribution in [0.15, 0.2) is 30.5 Å². The molecular weight excluding hydrogens is 346 g/mol. The molecule has 2 aliphatic rings. The Labute approximate surface area is 156 Å². The number of hydrogen-bond acceptors (Lipinski definition) is 6. The minimum atomic E-state index is -0.593. The van der Waals surface area contributed by atoms with Crippen molar-refractivity contribution in [2.45, 2.75) is 38.9 Å². The van der Waals surface area contributed by atoms with Crippen molar-refractivity contribution in [2.24, 2.45) is 0 Å². The third kappa shape index (κ3) is 3.38. The van der Waals surface area contributed by atoms with E-state index in [1.54, 1.807) is 11.1 Å². The fraction of sp³-hybridized carbons (Fsp3) is 0.316. The van der Waals surface area contributed by atoms with Gasteiger partial charge in [-0.2, -0.15) is 0 Å². The number of amides is 3. The van der Waals surface area contributed by atoms with Crippen molar-refractivity contribution in [2.75, 3.05) is 5.32 Å². The van der Waals surface area contributed by atoms with Crippen LogP contribution in [0.5, 0.6) is 0 Å². The number of aryl methyl sites for hydroxylation is 1. The predicted molar refractivity (Wildman–Crippen MR) is 96.6 cm³/mol. The van der Waals surface area contributed by atoms with Gasteiger partial charge in [-0.1, -0.05) is 12.1 Å². The van der Waals surface area contributed by atoms with Crippen molar-refractivity contribution in [1.82, 2.24) is 20.2 Å². The Morgan fingerprint density at radius 2 is 2.11 bits per heavy atom. The molecule has 2 N–H and O–H groups in total. The quantitative estimate of drug-likeness (QED) is 0.788. The number of carbonyl (C=O) groups excluding carboxylic acids is 3. The molecule has 2 aliphatic heterocycles. The first-order chi connectivity index (χ1) is 13.0. The normalized spacial score (nSPS) is 19.1. The fourth-order valence-electron chi connectivity index (χ4n) is 3.43. The summed E-state index contributed by atoms with van der Waals surface area (Å²) in [6, 6.07) is 6.93. The smallest absolute Gasteiger partial charge is 0.255 e. The molecule has 4 rings (SSSR count). The lowest BCUT2D eigenvalue weighted by molar-refractivity contribution is -0.136. The molecule has 8 heteroatoms. The average molecular weight is 365 g/mol. The van der Waals surface area contributed by atoms with E-state index >= 15 is 0 Å². The second-order valence-corrected chi connectivity index (χ2v) is 6.77. The highest BCUT2D eigenvalue weighted by atomic mass is 16.2. The van der Waals surface area contributed by atoms with Crippen molar-refractivity contribution in [3.8, 4) is 0 Å². The molecule has 0 aliphatic carbocycles. The summed E-state index contributed by atoms with van der Waals surface area (Å²) >= 11 is 0. The first kappa shape index (κ1) is 17.1. The number of nitrogens with one attached hydrogen (secondary N) is 2. The fourth-order valence-corrected chi connectivity index (χ4v) is 3.43. The van der Waals surface area contributed by atoms with Crippen LogP contribution in [0.2, 0.25) is 0 Å². The third-order valence-electron chi connectivity index (χ3n) is 4.84. The Kier molecular flexibility index (Phi) is 4.31. The van der Waals surface area contributed by atoms with Crippen molar-refractivity contribution in [3.05, 3.63) is 52.8 Å². The molecule has 1 aromatic carbocycles. The zero-order valence-electron chi connectivity index (χ0n) is 14.9. The van der Waals surface area contributed by atoms with Gasteiger partial charge in [-0.15, -0.1) is 0 Å². The summed E-state index contributed by atoms with van der Waals surface area (Å²) in [7, 11) is 0. The standard InChI is InChI=1S/C19H19N5O3/c1-11-6-7-20-19(22-11)21-9-12-2-3-13-10-24(18(27)14(13)8-12)15-4-5-16(25)23-17(15)26/h2-3,6-8,15H,4-5,9-10H2,1H3,(H,20,21,22)(H,23,25,26). The van der Waals surface area contributed by atoms with Crippen molar-refractivity contribution in [3.63, 3.8) is 0 Å². The van der Waals surface area contributed by atoms with Gasteiger partial charge in [-0.25, -0.2) is 9.97 Å². The summed E-state index contributed by atoms with van der Waals surface area (Å²) in [5.74, 6) is -0.321. The second-order valence-electron chi connectivity index (χ2n) is 6.77. The number of hydrogen-bond donors (Lipinski definition) is 2. The zero-order valence-corrected chi connectivity index (χ0v) is 14.9. The van der Waals surface area contributed by atoms with E-state index in [0.717, 1.165) is 16.8 Å². The van der Waals surface area contributed by atoms with Crippen molar-refractivity contribution < 1.29 is 14.4 Å². The number of rotatable bonds is 4. The molecule has 3 amide bonds. The molecule has 2 aromatic rings. The topological polar surface area (TPSA) is 104 Å². The molecule has 1 atom stereocenters. The van der Waals surface area contributed by atoms with Crippen LogP contribution in [0.3, 0.4) is 0 Å². The Bertz CT molecular complexity index is 943. The molecule has 138 valence electrons. The molecule has 0 spiro atoms. The van der Waals surface area contributed by atoms with Gasteiger partial charge in [0.05, 0.1) is 0 Å². The Hall–Kier alpha value is -3.29. The van der Waals surface area contributed by atoms with E-state index in [9.17, 15) is 14.4 Å². The van der Waals surface area contributed by atoms with Gasteiger partial charge in [-0.3, -0.25) is 19.7 Å². The molecule has 27 heavy (non-hydrogen) atoms. The number of nitrogens with zero attached hydrogens (tertiary/aromatic N) is 3. The Morgan fingerprint density at radius 1 is 1.26 bits per heavy atom. The third-order valence-corrected chi connectivity index (χ3v) is 4.84. The Morgan fingerprint density at radius 3 is 2.89 bits per heavy atom. The highest BCUT2D eigenvalue weighted by molar-refractivity contribution is 6.05. The molecule has 1 aromatic heterocycles. The molecule has 0 saturated carbocycles. The van der Waals surface area contributed by atoms with Crippen molar-refractivity contribution >= 4 is 23.7 Å². The zero-order chi connectivity index (χ0) is 19.0. The first-order valence-electron chi connectivity index (χ1n) is 8.81. The van der Waals surface area contributed by atoms with Gasteiger partial charge in [0.1, 0.15) is 6.04 Å². The van der Waals surface area contributed by atoms with Gasteiger partial charge in [0.25, 0.3) is 5.91 Å². The SMILES string of the molecule is Cc1ccnc(NCc2ccc3c(c2)C(=O)N(C2CCC(=O)NC2=O)C3)n1. The molecule has 1 unspecified atom stereocenters. The summed E-state index contributed by atoms with van der Waals surface area (Å²) in [5.41, 5.74) is 3.29. The minimum Gasteiger partial charge on any atom is -0.350 e. The van der Waals surface area contributed by atoms with E-state index in [0.29, 0.717) is 31.0 Å². The molecular formula is C19H19N5O3. The number of anilines is 1. The van der Waals surface area contributed by atoms with E-state index in [4.69, 9.17) is 0 Å². The predicted octanol–water partition coefficient (Wildman–Crippen LogP) is 1.16. The number of piperidine rings is 1. The first-order valence-corrected chi connectivity index (χ1v) is 8.81. The van der Waals surface area contributed by atoms with Crippen LogP contribution in [-0.2, 0) is 22.7 Å². The van der Waals surface area contributed by atoms with Crippen LogP contribution < -0.4 is 10.6 Å². The summed E-state index contributed by atoms with van der Waals surface area (Å²) in [4.78, 5) is 46.2. The van der Waals surface area contributed by atoms with E-state index < -0.39 is 11.9 Å². The second kappa shape index (κ2) is 6.79. The van der Waals surface area contributed by atoms with Crippen LogP contribution in [0.1, 0.15) is 40.0 Å². The van der Waals surface area contributed by atoms with E-state index in [1.807, 2.05) is 31.2 Å². The van der Waals surface area contributed by atoms with E-state index in [2.05, 4.69) is 20.6 Å². The maximum absolute atomic E-state index is 12.8. The van der Waals surface area contributed by atoms with Gasteiger partial charge in [-0.05, 0) is 36.6 Å². The van der Waals surface area contributed by atoms with E-state index in [1.165, 1.54) is 0 Å². The number of imide groups is 1. The van der Waals surface area contributed by atoms with Crippen LogP contribution >= 0.6 is 0 Å². The van der Waals surface area contributed by atoms with Gasteiger partial charge >= 0.3 is 0 Å². The molecule has 0 bridgehead atoms. The summed E-state index contributed by atoms with van der Waals surface area (Å²) in [5, 5.41) is 5.46. The monoisotopic (exact) mass is 365 g/mol. The lowest BCUT2D eigenvalue weighted by atomic mass is 10.0. The number of fused-ring (bicyclic) bond motifs is 1. The van der Waals surface area contributed by atoms with Gasteiger partial charge in [0, 0.05) is 37.0 Å². The minimum absolute atomic E-state index is 0.173. The van der Waals surface area contributed by atoms with Gasteiger partial charge in [0.15, 0.2) is 0 Å². The van der Waals surface area contributed by atoms with Crippen LogP contribution in [0.25, 0.3) is 0 Å². The lowest BCUT2D eigenvalue weighted by Gasteiger charge is -2.29. The molecule has 0 radical (unpaired) electrons. The van der Waals surface area contributed by atoms with Crippen LogP contribution in [0.4, 0.5) is 5.95 Å². The molecule has 3 heterocycles. The molecule has 8 nitrogen and oxygen atoms in total. The molecule has 1 saturated heterocycles. The maximum atomic E-state index is 12.8. The number of benzene rings is 1. The maximum Gasteiger partial charge on any atom is 0.255 e. The summed E-state index contributed by atoms with van der Waals surface area (Å²) in [6.45, 7) is 2.77. The lowest BCUT2D eigenvalue weighted by Crippen LogP contribution is -2.52. The average Bonchev–Trinajstić information content (AvgIpc) is 2.96. The van der Waals surface area contributed by atoms with Gasteiger partial charge < -0.3 is 10.2 Å². The highest BCUT2D eigenvalue weighted by Gasteiger charge is 2.39. The Balaban J connectivity index is 1.48. The summed E-state index contributed by atoms with van der Waals surface area (Å²) in [6.07, 6.45) is 2.31. The van der Waals surface area contributed by atoms with Gasteiger partial charge in [0.2, 0.25) is 17.8 Å². The van der Waals surface area contributed by atoms with Crippen LogP contribution in [0, 0.1) is 6.92 Å². The van der Waals surface area contributed by atoms with E-state index in [-0.39, 0.29) is 18.2 Å². The highest BCUT2D eigenvalue weighted by Crippen LogP contribution is 2.28. The summed E-state index contributed by atoms with van der Waals surface area (Å²) < 4.78 is 0. The number of aromatic nitrogens is 2. The van der Waals surface area contributed by atoms with Crippen LogP contribution in [-0.4, -0.2) is 38.6 Å². The molecule has 1 fully saturated rings. The number of carbonyl (C=O) groups is 3. The van der Waals surface area contributed by atoms with Crippen molar-refractivity contribution in [1.29, 1.82) is 0 Å². The largest absolute Gasteiger partial charge is 0.350 e.